The summed E-state index contributed by atoms with van der Waals surface area (Å²) in [6.07, 6.45) is 5.85. The Balaban J connectivity index is 0.00000225. The molecule has 4 nitrogen and oxygen atoms in total. The number of hydrogen-bond donors (Lipinski definition) is 1. The fourth-order valence-electron chi connectivity index (χ4n) is 3.73. The van der Waals surface area contributed by atoms with Gasteiger partial charge in [-0.05, 0) is 76.5 Å². The summed E-state index contributed by atoms with van der Waals surface area (Å²) < 4.78 is 1.97. The minimum absolute atomic E-state index is 0. The van der Waals surface area contributed by atoms with E-state index in [0.717, 1.165) is 19.0 Å². The van der Waals surface area contributed by atoms with Crippen molar-refractivity contribution in [1.82, 2.24) is 20.0 Å². The molecule has 0 unspecified atom stereocenters. The molecule has 1 aromatic carbocycles. The smallest absolute Gasteiger partial charge is 0.0682 e. The molecule has 1 aliphatic rings. The van der Waals surface area contributed by atoms with Crippen molar-refractivity contribution in [1.29, 1.82) is 0 Å². The number of benzene rings is 1. The third kappa shape index (κ3) is 5.06. The maximum absolute atomic E-state index is 4.35. The summed E-state index contributed by atoms with van der Waals surface area (Å²) in [7, 11) is 4.07. The van der Waals surface area contributed by atoms with Gasteiger partial charge in [0.1, 0.15) is 0 Å². The SMILES string of the molecule is CNCCC1CCN(Cc2ccc(C)cc2-c2ccnn2C)CC1.Cl. The van der Waals surface area contributed by atoms with Gasteiger partial charge < -0.3 is 5.32 Å². The predicted molar refractivity (Wildman–Crippen MR) is 107 cm³/mol. The second-order valence-electron chi connectivity index (χ2n) is 7.11. The topological polar surface area (TPSA) is 33.1 Å². The zero-order valence-electron chi connectivity index (χ0n) is 15.7. The van der Waals surface area contributed by atoms with Crippen LogP contribution in [0.5, 0.6) is 0 Å². The fourth-order valence-corrected chi connectivity index (χ4v) is 3.73. The van der Waals surface area contributed by atoms with Crippen molar-refractivity contribution >= 4 is 12.4 Å². The van der Waals surface area contributed by atoms with Crippen LogP contribution in [0.2, 0.25) is 0 Å². The Labute approximate surface area is 158 Å². The zero-order chi connectivity index (χ0) is 16.9. The number of likely N-dealkylation sites (tertiary alicyclic amines) is 1. The highest BCUT2D eigenvalue weighted by atomic mass is 35.5. The summed E-state index contributed by atoms with van der Waals surface area (Å²) in [5, 5.41) is 7.62. The van der Waals surface area contributed by atoms with E-state index in [9.17, 15) is 0 Å². The minimum Gasteiger partial charge on any atom is -0.320 e. The molecule has 138 valence electrons. The Morgan fingerprint density at radius 3 is 2.60 bits per heavy atom. The van der Waals surface area contributed by atoms with E-state index >= 15 is 0 Å². The summed E-state index contributed by atoms with van der Waals surface area (Å²) in [4.78, 5) is 2.61. The van der Waals surface area contributed by atoms with E-state index < -0.39 is 0 Å². The summed E-state index contributed by atoms with van der Waals surface area (Å²) in [5.41, 5.74) is 5.25. The molecule has 5 heteroatoms. The molecule has 0 saturated carbocycles. The minimum atomic E-state index is 0. The van der Waals surface area contributed by atoms with Crippen molar-refractivity contribution in [2.45, 2.75) is 32.7 Å². The molecular weight excluding hydrogens is 332 g/mol. The zero-order valence-corrected chi connectivity index (χ0v) is 16.5. The lowest BCUT2D eigenvalue weighted by Gasteiger charge is -2.32. The monoisotopic (exact) mass is 362 g/mol. The average Bonchev–Trinajstić information content (AvgIpc) is 3.02. The first-order chi connectivity index (χ1) is 11.7. The number of piperidine rings is 1. The molecule has 1 aromatic heterocycles. The highest BCUT2D eigenvalue weighted by Gasteiger charge is 2.20. The Hall–Kier alpha value is -1.36. The molecule has 0 atom stereocenters. The van der Waals surface area contributed by atoms with Crippen molar-refractivity contribution in [3.05, 3.63) is 41.6 Å². The van der Waals surface area contributed by atoms with Gasteiger partial charge in [0, 0.05) is 25.4 Å². The van der Waals surface area contributed by atoms with Crippen LogP contribution in [-0.2, 0) is 13.6 Å². The molecule has 0 radical (unpaired) electrons. The van der Waals surface area contributed by atoms with E-state index in [1.54, 1.807) is 0 Å². The number of nitrogens with one attached hydrogen (secondary N) is 1. The fraction of sp³-hybridized carbons (Fsp3) is 0.550. The van der Waals surface area contributed by atoms with Crippen molar-refractivity contribution in [3.8, 4) is 11.3 Å². The molecule has 0 amide bonds. The molecule has 1 fully saturated rings. The molecule has 0 aliphatic carbocycles. The Morgan fingerprint density at radius 1 is 1.20 bits per heavy atom. The van der Waals surface area contributed by atoms with Crippen molar-refractivity contribution < 1.29 is 0 Å². The largest absolute Gasteiger partial charge is 0.320 e. The first-order valence-electron chi connectivity index (χ1n) is 9.12. The predicted octanol–water partition coefficient (Wildman–Crippen LogP) is 3.64. The third-order valence-electron chi connectivity index (χ3n) is 5.27. The van der Waals surface area contributed by atoms with Crippen molar-refractivity contribution in [3.63, 3.8) is 0 Å². The van der Waals surface area contributed by atoms with Crippen LogP contribution in [0.4, 0.5) is 0 Å². The van der Waals surface area contributed by atoms with Gasteiger partial charge in [0.15, 0.2) is 0 Å². The highest BCUT2D eigenvalue weighted by Crippen LogP contribution is 2.27. The van der Waals surface area contributed by atoms with Gasteiger partial charge in [0.25, 0.3) is 0 Å². The second-order valence-corrected chi connectivity index (χ2v) is 7.11. The molecule has 1 aliphatic heterocycles. The van der Waals surface area contributed by atoms with Crippen LogP contribution in [0.15, 0.2) is 30.5 Å². The molecule has 2 heterocycles. The van der Waals surface area contributed by atoms with Crippen LogP contribution in [0.25, 0.3) is 11.3 Å². The second kappa shape index (κ2) is 9.37. The number of aryl methyl sites for hydroxylation is 2. The molecule has 0 bridgehead atoms. The van der Waals surface area contributed by atoms with E-state index in [1.807, 2.05) is 25.0 Å². The molecule has 1 N–H and O–H groups in total. The van der Waals surface area contributed by atoms with E-state index in [1.165, 1.54) is 54.7 Å². The number of rotatable bonds is 6. The lowest BCUT2D eigenvalue weighted by atomic mass is 9.93. The van der Waals surface area contributed by atoms with E-state index in [2.05, 4.69) is 46.5 Å². The maximum Gasteiger partial charge on any atom is 0.0682 e. The summed E-state index contributed by atoms with van der Waals surface area (Å²) in [6.45, 7) is 6.78. The van der Waals surface area contributed by atoms with E-state index in [0.29, 0.717) is 0 Å². The van der Waals surface area contributed by atoms with Gasteiger partial charge >= 0.3 is 0 Å². The Kier molecular flexibility index (Phi) is 7.48. The van der Waals surface area contributed by atoms with Crippen LogP contribution >= 0.6 is 12.4 Å². The molecule has 3 rings (SSSR count). The van der Waals surface area contributed by atoms with Gasteiger partial charge in [-0.3, -0.25) is 9.58 Å². The quantitative estimate of drug-likeness (QED) is 0.851. The van der Waals surface area contributed by atoms with Crippen LogP contribution < -0.4 is 5.32 Å². The van der Waals surface area contributed by atoms with Crippen LogP contribution in [-0.4, -0.2) is 41.4 Å². The standard InChI is InChI=1S/C20H30N4.ClH/c1-16-4-5-18(19(14-16)20-7-11-22-23(20)3)15-24-12-8-17(9-13-24)6-10-21-2;/h4-5,7,11,14,17,21H,6,8-10,12-13,15H2,1-3H3;1H. The number of hydrogen-bond acceptors (Lipinski definition) is 3. The number of aromatic nitrogens is 2. The third-order valence-corrected chi connectivity index (χ3v) is 5.27. The van der Waals surface area contributed by atoms with Crippen molar-refractivity contribution in [2.75, 3.05) is 26.7 Å². The van der Waals surface area contributed by atoms with E-state index in [-0.39, 0.29) is 12.4 Å². The molecule has 2 aromatic rings. The van der Waals surface area contributed by atoms with Crippen LogP contribution in [0, 0.1) is 12.8 Å². The van der Waals surface area contributed by atoms with Gasteiger partial charge in [0.05, 0.1) is 5.69 Å². The highest BCUT2D eigenvalue weighted by molar-refractivity contribution is 5.85. The van der Waals surface area contributed by atoms with Crippen LogP contribution in [0.1, 0.15) is 30.4 Å². The Bertz CT molecular complexity index is 659. The van der Waals surface area contributed by atoms with Gasteiger partial charge in [0.2, 0.25) is 0 Å². The van der Waals surface area contributed by atoms with Crippen LogP contribution in [0.3, 0.4) is 0 Å². The van der Waals surface area contributed by atoms with Gasteiger partial charge in [-0.1, -0.05) is 17.7 Å². The lowest BCUT2D eigenvalue weighted by molar-refractivity contribution is 0.172. The first-order valence-corrected chi connectivity index (χ1v) is 9.12. The molecular formula is C20H31ClN4. The number of halogens is 1. The van der Waals surface area contributed by atoms with Gasteiger partial charge in [-0.25, -0.2) is 0 Å². The molecule has 25 heavy (non-hydrogen) atoms. The summed E-state index contributed by atoms with van der Waals surface area (Å²) in [6, 6.07) is 8.94. The molecule has 0 spiro atoms. The first kappa shape index (κ1) is 20.0. The Morgan fingerprint density at radius 2 is 1.96 bits per heavy atom. The van der Waals surface area contributed by atoms with Crippen molar-refractivity contribution in [2.24, 2.45) is 13.0 Å². The van der Waals surface area contributed by atoms with Gasteiger partial charge in [-0.15, -0.1) is 12.4 Å². The molecule has 1 saturated heterocycles. The summed E-state index contributed by atoms with van der Waals surface area (Å²) in [5.74, 6) is 0.892. The summed E-state index contributed by atoms with van der Waals surface area (Å²) >= 11 is 0. The maximum atomic E-state index is 4.35. The normalized spacial score (nSPS) is 16.0. The number of nitrogens with zero attached hydrogens (tertiary/aromatic N) is 3. The van der Waals surface area contributed by atoms with Gasteiger partial charge in [-0.2, -0.15) is 5.10 Å². The van der Waals surface area contributed by atoms with E-state index in [4.69, 9.17) is 0 Å². The average molecular weight is 363 g/mol. The lowest BCUT2D eigenvalue weighted by Crippen LogP contribution is -2.34.